The highest BCUT2D eigenvalue weighted by molar-refractivity contribution is 5.82. The molecular weight excluding hydrogens is 660 g/mol. The topological polar surface area (TPSA) is 101 Å². The summed E-state index contributed by atoms with van der Waals surface area (Å²) in [5, 5.41) is 0. The predicted molar refractivity (Wildman–Crippen MR) is 197 cm³/mol. The van der Waals surface area contributed by atoms with E-state index in [4.69, 9.17) is 0 Å². The fraction of sp³-hybridized carbons (Fsp3) is 0.366. The molecule has 2 amide bonds. The molecule has 4 heterocycles. The number of aromatic nitrogens is 4. The summed E-state index contributed by atoms with van der Waals surface area (Å²) in [7, 11) is 0. The summed E-state index contributed by atoms with van der Waals surface area (Å²) < 4.78 is 31.3. The molecule has 5 aromatic rings. The van der Waals surface area contributed by atoms with Gasteiger partial charge in [0.1, 0.15) is 23.3 Å². The van der Waals surface area contributed by atoms with Crippen molar-refractivity contribution in [3.8, 4) is 33.6 Å². The van der Waals surface area contributed by atoms with Crippen LogP contribution in [0.15, 0.2) is 79.1 Å². The molecule has 0 aliphatic carbocycles. The third kappa shape index (κ3) is 7.01. The monoisotopic (exact) mass is 705 g/mol. The van der Waals surface area contributed by atoms with Gasteiger partial charge in [-0.25, -0.2) is 18.7 Å². The minimum absolute atomic E-state index is 0.0430. The third-order valence-electron chi connectivity index (χ3n) is 10.7. The number of likely N-dealkylation sites (tertiary alicyclic amines) is 2. The lowest BCUT2D eigenvalue weighted by Gasteiger charge is -2.31. The van der Waals surface area contributed by atoms with Crippen LogP contribution in [0, 0.1) is 11.6 Å². The number of nitrogens with zero attached hydrogens (tertiary/aromatic N) is 5. The lowest BCUT2D eigenvalue weighted by Crippen LogP contribution is -2.46. The van der Waals surface area contributed by atoms with Gasteiger partial charge >= 0.3 is 0 Å². The molecule has 0 spiro atoms. The number of nitrogens with one attached hydrogen (secondary N) is 2. The fourth-order valence-electron chi connectivity index (χ4n) is 7.82. The smallest absolute Gasteiger partial charge is 0.240 e. The van der Waals surface area contributed by atoms with Gasteiger partial charge < -0.3 is 19.8 Å². The average Bonchev–Trinajstić information content (AvgIpc) is 3.99. The summed E-state index contributed by atoms with van der Waals surface area (Å²) in [6.45, 7) is 8.97. The highest BCUT2D eigenvalue weighted by Gasteiger charge is 2.36. The Kier molecular flexibility index (Phi) is 10.3. The van der Waals surface area contributed by atoms with Crippen LogP contribution in [-0.4, -0.2) is 78.7 Å². The van der Waals surface area contributed by atoms with Crippen molar-refractivity contribution in [1.29, 1.82) is 0 Å². The second-order valence-corrected chi connectivity index (χ2v) is 13.7. The summed E-state index contributed by atoms with van der Waals surface area (Å²) in [5.41, 5.74) is 3.76. The van der Waals surface area contributed by atoms with Gasteiger partial charge in [0.25, 0.3) is 0 Å². The highest BCUT2D eigenvalue weighted by Crippen LogP contribution is 2.36. The molecule has 2 saturated heterocycles. The number of aromatic amines is 2. The van der Waals surface area contributed by atoms with Crippen LogP contribution in [0.2, 0.25) is 0 Å². The maximum Gasteiger partial charge on any atom is 0.240 e. The average molecular weight is 706 g/mol. The van der Waals surface area contributed by atoms with E-state index < -0.39 is 11.6 Å². The number of carbonyl (C=O) groups is 2. The van der Waals surface area contributed by atoms with E-state index in [1.807, 2.05) is 47.1 Å². The minimum Gasteiger partial charge on any atom is -0.340 e. The van der Waals surface area contributed by atoms with Crippen molar-refractivity contribution >= 4 is 11.8 Å². The van der Waals surface area contributed by atoms with Gasteiger partial charge in [-0.05, 0) is 86.7 Å². The highest BCUT2D eigenvalue weighted by atomic mass is 19.1. The van der Waals surface area contributed by atoms with Gasteiger partial charge in [0.2, 0.25) is 11.8 Å². The van der Waals surface area contributed by atoms with Gasteiger partial charge in [0, 0.05) is 24.2 Å². The lowest BCUT2D eigenvalue weighted by molar-refractivity contribution is -0.137. The number of likely N-dealkylation sites (N-methyl/N-ethyl adjacent to an activating group) is 1. The van der Waals surface area contributed by atoms with Gasteiger partial charge in [0.05, 0.1) is 48.3 Å². The number of halogens is 2. The number of amides is 2. The maximum atomic E-state index is 15.6. The molecule has 11 heteroatoms. The SMILES string of the molecule is CCN(CC)[C@H](C)C(=O)N1CCC[C@H]1c1ncc(-c2ccc(-c3ccc(-c4cnc([C@@H]5CCCN5C(=O)Cc5ccccc5)[nH]4)c(F)c3)cc2F)[nH]1. The van der Waals surface area contributed by atoms with Crippen molar-refractivity contribution in [2.45, 2.75) is 71.0 Å². The largest absolute Gasteiger partial charge is 0.340 e. The summed E-state index contributed by atoms with van der Waals surface area (Å²) in [6, 6.07) is 18.7. The Labute approximate surface area is 303 Å². The van der Waals surface area contributed by atoms with Crippen LogP contribution in [0.1, 0.15) is 75.8 Å². The molecule has 7 rings (SSSR count). The number of hydrogen-bond donors (Lipinski definition) is 2. The molecule has 2 fully saturated rings. The van der Waals surface area contributed by atoms with Crippen molar-refractivity contribution < 1.29 is 18.4 Å². The molecule has 2 aliphatic rings. The van der Waals surface area contributed by atoms with Crippen molar-refractivity contribution in [1.82, 2.24) is 34.6 Å². The number of H-pyrrole nitrogens is 2. The predicted octanol–water partition coefficient (Wildman–Crippen LogP) is 7.71. The zero-order valence-corrected chi connectivity index (χ0v) is 29.9. The van der Waals surface area contributed by atoms with Crippen LogP contribution >= 0.6 is 0 Å². The van der Waals surface area contributed by atoms with Gasteiger partial charge in [-0.2, -0.15) is 0 Å². The first-order valence-electron chi connectivity index (χ1n) is 18.3. The van der Waals surface area contributed by atoms with Crippen molar-refractivity contribution in [2.24, 2.45) is 0 Å². The van der Waals surface area contributed by atoms with Crippen LogP contribution in [-0.2, 0) is 16.0 Å². The van der Waals surface area contributed by atoms with E-state index in [0.717, 1.165) is 44.3 Å². The molecule has 2 aliphatic heterocycles. The second kappa shape index (κ2) is 15.2. The fourth-order valence-corrected chi connectivity index (χ4v) is 7.82. The van der Waals surface area contributed by atoms with Gasteiger partial charge in [0.15, 0.2) is 0 Å². The molecule has 3 aromatic carbocycles. The Balaban J connectivity index is 1.04. The zero-order valence-electron chi connectivity index (χ0n) is 29.9. The first kappa shape index (κ1) is 35.3. The van der Waals surface area contributed by atoms with Crippen molar-refractivity contribution in [2.75, 3.05) is 26.2 Å². The Morgan fingerprint density at radius 3 is 1.83 bits per heavy atom. The lowest BCUT2D eigenvalue weighted by atomic mass is 10.00. The van der Waals surface area contributed by atoms with Crippen LogP contribution in [0.5, 0.6) is 0 Å². The molecule has 0 radical (unpaired) electrons. The van der Waals surface area contributed by atoms with Gasteiger partial charge in [-0.15, -0.1) is 0 Å². The van der Waals surface area contributed by atoms with E-state index in [1.165, 1.54) is 12.1 Å². The maximum absolute atomic E-state index is 15.6. The number of carbonyl (C=O) groups excluding carboxylic acids is 2. The number of hydrogen-bond acceptors (Lipinski definition) is 5. The molecule has 0 unspecified atom stereocenters. The molecule has 3 atom stereocenters. The summed E-state index contributed by atoms with van der Waals surface area (Å²) in [6.07, 6.45) is 6.86. The van der Waals surface area contributed by atoms with E-state index in [1.54, 1.807) is 36.7 Å². The van der Waals surface area contributed by atoms with Crippen LogP contribution in [0.3, 0.4) is 0 Å². The quantitative estimate of drug-likeness (QED) is 0.147. The van der Waals surface area contributed by atoms with E-state index in [-0.39, 0.29) is 29.9 Å². The Bertz CT molecular complexity index is 2040. The molecule has 0 bridgehead atoms. The van der Waals surface area contributed by atoms with E-state index in [2.05, 4.69) is 38.7 Å². The zero-order chi connectivity index (χ0) is 36.4. The molecule has 2 N–H and O–H groups in total. The van der Waals surface area contributed by atoms with Crippen molar-refractivity contribution in [3.63, 3.8) is 0 Å². The van der Waals surface area contributed by atoms with Crippen molar-refractivity contribution in [3.05, 3.63) is 108 Å². The Morgan fingerprint density at radius 2 is 1.31 bits per heavy atom. The minimum atomic E-state index is -0.468. The van der Waals surface area contributed by atoms with E-state index >= 15 is 8.78 Å². The summed E-state index contributed by atoms with van der Waals surface area (Å²) >= 11 is 0. The summed E-state index contributed by atoms with van der Waals surface area (Å²) in [4.78, 5) is 48.1. The first-order chi connectivity index (χ1) is 25.2. The molecule has 2 aromatic heterocycles. The van der Waals surface area contributed by atoms with Gasteiger partial charge in [-0.1, -0.05) is 56.3 Å². The number of benzene rings is 3. The normalized spacial score (nSPS) is 18.0. The summed E-state index contributed by atoms with van der Waals surface area (Å²) in [5.74, 6) is 0.477. The van der Waals surface area contributed by atoms with E-state index in [9.17, 15) is 9.59 Å². The second-order valence-electron chi connectivity index (χ2n) is 13.7. The Hall–Kier alpha value is -5.16. The standard InChI is InChI=1S/C41H45F2N7O2/c1-4-48(5-2)26(3)41(52)50-20-10-14-37(50)40-45-25-35(47-40)31-18-16-29(23-33(31)43)28-15-17-30(32(42)22-28)34-24-44-39(46-34)36-13-9-19-49(36)38(51)21-27-11-7-6-8-12-27/h6-8,11-12,15-18,22-26,36-37H,4-5,9-10,13-14,19-21H2,1-3H3,(H,44,46)(H,45,47)/t26-,36+,37+/m1/s1. The first-order valence-corrected chi connectivity index (χ1v) is 18.3. The van der Waals surface area contributed by atoms with Crippen LogP contribution in [0.25, 0.3) is 33.6 Å². The van der Waals surface area contributed by atoms with Crippen LogP contribution < -0.4 is 0 Å². The molecular formula is C41H45F2N7O2. The number of rotatable bonds is 11. The molecule has 270 valence electrons. The van der Waals surface area contributed by atoms with Crippen LogP contribution in [0.4, 0.5) is 8.78 Å². The molecule has 52 heavy (non-hydrogen) atoms. The Morgan fingerprint density at radius 1 is 0.788 bits per heavy atom. The molecule has 9 nitrogen and oxygen atoms in total. The molecule has 0 saturated carbocycles. The number of imidazole rings is 2. The third-order valence-corrected chi connectivity index (χ3v) is 10.7. The van der Waals surface area contributed by atoms with E-state index in [0.29, 0.717) is 64.8 Å². The van der Waals surface area contributed by atoms with Gasteiger partial charge in [-0.3, -0.25) is 14.5 Å².